The number of benzene rings is 2. The van der Waals surface area contributed by atoms with Crippen molar-refractivity contribution in [2.45, 2.75) is 6.42 Å². The maximum Gasteiger partial charge on any atom is 0.251 e. The molecule has 2 aromatic carbocycles. The van der Waals surface area contributed by atoms with Gasteiger partial charge in [-0.25, -0.2) is 0 Å². The van der Waals surface area contributed by atoms with E-state index in [0.29, 0.717) is 12.1 Å². The summed E-state index contributed by atoms with van der Waals surface area (Å²) in [6.07, 6.45) is 0.861. The monoisotopic (exact) mass is 225 g/mol. The number of hydrogen-bond acceptors (Lipinski definition) is 1. The van der Waals surface area contributed by atoms with Crippen LogP contribution in [0.15, 0.2) is 60.7 Å². The minimum absolute atomic E-state index is 0.0125. The topological polar surface area (TPSA) is 29.1 Å². The lowest BCUT2D eigenvalue weighted by Crippen LogP contribution is -2.25. The van der Waals surface area contributed by atoms with E-state index in [1.807, 2.05) is 48.5 Å². The van der Waals surface area contributed by atoms with Crippen molar-refractivity contribution in [1.82, 2.24) is 5.32 Å². The summed E-state index contributed by atoms with van der Waals surface area (Å²) >= 11 is 0. The molecule has 0 saturated carbocycles. The van der Waals surface area contributed by atoms with Gasteiger partial charge in [0.15, 0.2) is 0 Å². The van der Waals surface area contributed by atoms with E-state index in [0.717, 1.165) is 6.42 Å². The maximum atomic E-state index is 11.7. The zero-order valence-corrected chi connectivity index (χ0v) is 9.60. The highest BCUT2D eigenvalue weighted by molar-refractivity contribution is 5.94. The van der Waals surface area contributed by atoms with E-state index >= 15 is 0 Å². The van der Waals surface area contributed by atoms with Gasteiger partial charge in [-0.3, -0.25) is 4.79 Å². The maximum absolute atomic E-state index is 11.7. The predicted octanol–water partition coefficient (Wildman–Crippen LogP) is 2.66. The van der Waals surface area contributed by atoms with Crippen LogP contribution in [0.1, 0.15) is 15.9 Å². The Bertz CT molecular complexity index is 465. The van der Waals surface area contributed by atoms with Crippen molar-refractivity contribution in [2.75, 3.05) is 6.54 Å². The number of nitrogens with one attached hydrogen (secondary N) is 1. The van der Waals surface area contributed by atoms with Crippen LogP contribution >= 0.6 is 0 Å². The molecule has 0 aromatic heterocycles. The van der Waals surface area contributed by atoms with Gasteiger partial charge in [0.25, 0.3) is 5.91 Å². The molecule has 0 atom stereocenters. The third-order valence-electron chi connectivity index (χ3n) is 2.58. The van der Waals surface area contributed by atoms with Gasteiger partial charge in [0, 0.05) is 12.1 Å². The van der Waals surface area contributed by atoms with Gasteiger partial charge in [-0.05, 0) is 24.1 Å². The molecular formula is C15H15NO. The summed E-state index contributed by atoms with van der Waals surface area (Å²) in [5, 5.41) is 2.91. The second-order valence-corrected chi connectivity index (χ2v) is 3.86. The molecule has 0 aliphatic rings. The lowest BCUT2D eigenvalue weighted by atomic mass is 10.1. The summed E-state index contributed by atoms with van der Waals surface area (Å²) in [6, 6.07) is 19.4. The van der Waals surface area contributed by atoms with E-state index in [4.69, 9.17) is 0 Å². The standard InChI is InChI=1S/C15H15NO/c17-15(14-9-5-2-6-10-14)16-12-11-13-7-3-1-4-8-13/h1-10H,11-12H2,(H,16,17). The van der Waals surface area contributed by atoms with Crippen molar-refractivity contribution >= 4 is 5.91 Å². The molecule has 1 N–H and O–H groups in total. The van der Waals surface area contributed by atoms with Crippen molar-refractivity contribution in [1.29, 1.82) is 0 Å². The Morgan fingerprint density at radius 3 is 2.12 bits per heavy atom. The van der Waals surface area contributed by atoms with Gasteiger partial charge < -0.3 is 5.32 Å². The summed E-state index contributed by atoms with van der Waals surface area (Å²) in [5.41, 5.74) is 1.95. The Hall–Kier alpha value is -2.09. The van der Waals surface area contributed by atoms with Gasteiger partial charge >= 0.3 is 0 Å². The Morgan fingerprint density at radius 1 is 0.882 bits per heavy atom. The summed E-state index contributed by atoms with van der Waals surface area (Å²) in [6.45, 7) is 0.664. The normalized spacial score (nSPS) is 9.88. The van der Waals surface area contributed by atoms with Crippen LogP contribution in [0.3, 0.4) is 0 Å². The van der Waals surface area contributed by atoms with Crippen LogP contribution < -0.4 is 5.32 Å². The van der Waals surface area contributed by atoms with Crippen LogP contribution in [-0.4, -0.2) is 12.5 Å². The minimum atomic E-state index is -0.0125. The molecular weight excluding hydrogens is 210 g/mol. The molecule has 86 valence electrons. The molecule has 2 heteroatoms. The quantitative estimate of drug-likeness (QED) is 0.851. The molecule has 0 bridgehead atoms. The zero-order chi connectivity index (χ0) is 11.9. The van der Waals surface area contributed by atoms with Gasteiger partial charge in [0.1, 0.15) is 0 Å². The molecule has 1 amide bonds. The number of carbonyl (C=O) groups excluding carboxylic acids is 1. The number of rotatable bonds is 4. The van der Waals surface area contributed by atoms with Crippen LogP contribution in [0.25, 0.3) is 0 Å². The molecule has 0 saturated heterocycles. The van der Waals surface area contributed by atoms with Crippen molar-refractivity contribution in [2.24, 2.45) is 0 Å². The molecule has 0 aliphatic carbocycles. The summed E-state index contributed by atoms with van der Waals surface area (Å²) in [7, 11) is 0. The Morgan fingerprint density at radius 2 is 1.47 bits per heavy atom. The first-order valence-corrected chi connectivity index (χ1v) is 5.73. The van der Waals surface area contributed by atoms with E-state index in [9.17, 15) is 4.79 Å². The van der Waals surface area contributed by atoms with Crippen LogP contribution in [-0.2, 0) is 6.42 Å². The molecule has 2 nitrogen and oxygen atoms in total. The summed E-state index contributed by atoms with van der Waals surface area (Å²) in [5.74, 6) is -0.0125. The third-order valence-corrected chi connectivity index (χ3v) is 2.58. The first kappa shape index (κ1) is 11.4. The van der Waals surface area contributed by atoms with Crippen molar-refractivity contribution in [3.63, 3.8) is 0 Å². The van der Waals surface area contributed by atoms with E-state index in [-0.39, 0.29) is 5.91 Å². The van der Waals surface area contributed by atoms with Crippen molar-refractivity contribution in [3.8, 4) is 0 Å². The van der Waals surface area contributed by atoms with E-state index in [2.05, 4.69) is 17.4 Å². The average molecular weight is 225 g/mol. The van der Waals surface area contributed by atoms with Gasteiger partial charge in [0.2, 0.25) is 0 Å². The van der Waals surface area contributed by atoms with Crippen molar-refractivity contribution in [3.05, 3.63) is 71.8 Å². The molecule has 0 radical (unpaired) electrons. The molecule has 0 aliphatic heterocycles. The van der Waals surface area contributed by atoms with Crippen LogP contribution in [0.5, 0.6) is 0 Å². The fraction of sp³-hybridized carbons (Fsp3) is 0.133. The highest BCUT2D eigenvalue weighted by Gasteiger charge is 2.02. The molecule has 0 fully saturated rings. The lowest BCUT2D eigenvalue weighted by molar-refractivity contribution is 0.0954. The Kier molecular flexibility index (Phi) is 3.92. The summed E-state index contributed by atoms with van der Waals surface area (Å²) < 4.78 is 0. The second kappa shape index (κ2) is 5.85. The summed E-state index contributed by atoms with van der Waals surface area (Å²) in [4.78, 5) is 11.7. The fourth-order valence-corrected chi connectivity index (χ4v) is 1.66. The van der Waals surface area contributed by atoms with Crippen LogP contribution in [0.2, 0.25) is 0 Å². The van der Waals surface area contributed by atoms with Gasteiger partial charge in [-0.15, -0.1) is 0 Å². The first-order valence-electron chi connectivity index (χ1n) is 5.73. The van der Waals surface area contributed by atoms with Crippen LogP contribution in [0, 0.1) is 0 Å². The number of amides is 1. The SMILES string of the molecule is O=C(NCCc1ccccc1)c1ccccc1. The first-order chi connectivity index (χ1) is 8.36. The third kappa shape index (κ3) is 3.45. The minimum Gasteiger partial charge on any atom is -0.352 e. The smallest absolute Gasteiger partial charge is 0.251 e. The van der Waals surface area contributed by atoms with Crippen molar-refractivity contribution < 1.29 is 4.79 Å². The molecule has 0 unspecified atom stereocenters. The van der Waals surface area contributed by atoms with E-state index in [1.54, 1.807) is 0 Å². The molecule has 0 spiro atoms. The van der Waals surface area contributed by atoms with E-state index in [1.165, 1.54) is 5.56 Å². The van der Waals surface area contributed by atoms with E-state index < -0.39 is 0 Å². The molecule has 2 rings (SSSR count). The zero-order valence-electron chi connectivity index (χ0n) is 9.60. The molecule has 17 heavy (non-hydrogen) atoms. The molecule has 0 heterocycles. The Labute approximate surface area is 101 Å². The van der Waals surface area contributed by atoms with Crippen LogP contribution in [0.4, 0.5) is 0 Å². The fourth-order valence-electron chi connectivity index (χ4n) is 1.66. The number of carbonyl (C=O) groups is 1. The predicted molar refractivity (Wildman–Crippen MR) is 68.9 cm³/mol. The lowest BCUT2D eigenvalue weighted by Gasteiger charge is -2.05. The largest absolute Gasteiger partial charge is 0.352 e. The second-order valence-electron chi connectivity index (χ2n) is 3.86. The molecule has 2 aromatic rings. The highest BCUT2D eigenvalue weighted by Crippen LogP contribution is 2.00. The van der Waals surface area contributed by atoms with Gasteiger partial charge in [-0.1, -0.05) is 48.5 Å². The Balaban J connectivity index is 1.82. The number of hydrogen-bond donors (Lipinski definition) is 1. The van der Waals surface area contributed by atoms with Gasteiger partial charge in [-0.2, -0.15) is 0 Å². The highest BCUT2D eigenvalue weighted by atomic mass is 16.1. The van der Waals surface area contributed by atoms with Gasteiger partial charge in [0.05, 0.1) is 0 Å². The average Bonchev–Trinajstić information content (AvgIpc) is 2.41.